The molecule has 0 aliphatic rings. The van der Waals surface area contributed by atoms with Crippen LogP contribution in [0.1, 0.15) is 11.1 Å². The molecule has 2 rings (SSSR count). The molecule has 112 valence electrons. The summed E-state index contributed by atoms with van der Waals surface area (Å²) >= 11 is 0. The molecule has 1 heterocycles. The Labute approximate surface area is 117 Å². The number of pyridine rings is 1. The number of ether oxygens (including phenoxy) is 1. The van der Waals surface area contributed by atoms with Gasteiger partial charge in [-0.25, -0.2) is 15.2 Å². The predicted octanol–water partition coefficient (Wildman–Crippen LogP) is 3.10. The molecule has 2 aromatic rings. The summed E-state index contributed by atoms with van der Waals surface area (Å²) in [5.41, 5.74) is 1.62. The third-order valence-corrected chi connectivity index (χ3v) is 2.62. The van der Waals surface area contributed by atoms with Gasteiger partial charge in [-0.05, 0) is 35.9 Å². The van der Waals surface area contributed by atoms with Crippen LogP contribution in [0.4, 0.5) is 23.4 Å². The van der Waals surface area contributed by atoms with E-state index in [2.05, 4.69) is 10.4 Å². The van der Waals surface area contributed by atoms with Crippen molar-refractivity contribution in [1.29, 1.82) is 0 Å². The van der Waals surface area contributed by atoms with Crippen molar-refractivity contribution in [2.24, 2.45) is 5.84 Å². The maximum atomic E-state index is 13.1. The van der Waals surface area contributed by atoms with E-state index < -0.39 is 17.6 Å². The Bertz CT molecular complexity index is 631. The molecule has 0 spiro atoms. The number of alkyl halides is 3. The van der Waals surface area contributed by atoms with Crippen molar-refractivity contribution in [3.63, 3.8) is 0 Å². The number of halogens is 4. The fourth-order valence-corrected chi connectivity index (χ4v) is 1.62. The van der Waals surface area contributed by atoms with Crippen LogP contribution in [-0.4, -0.2) is 4.98 Å². The van der Waals surface area contributed by atoms with E-state index in [1.807, 2.05) is 0 Å². The molecule has 0 aliphatic carbocycles. The maximum Gasteiger partial charge on any atom is 0.419 e. The minimum Gasteiger partial charge on any atom is -0.489 e. The standard InChI is InChI=1S/C13H11F4N3O/c14-11-2-1-9(6-10(11)13(15,16)17)21-7-8-3-4-19-12(5-8)20-18/h1-6H,7,18H2,(H,19,20). The van der Waals surface area contributed by atoms with Gasteiger partial charge in [0.1, 0.15) is 24.0 Å². The summed E-state index contributed by atoms with van der Waals surface area (Å²) in [4.78, 5) is 3.88. The minimum absolute atomic E-state index is 0.000128. The number of aromatic nitrogens is 1. The molecule has 8 heteroatoms. The van der Waals surface area contributed by atoms with E-state index in [9.17, 15) is 17.6 Å². The van der Waals surface area contributed by atoms with Crippen LogP contribution in [0.25, 0.3) is 0 Å². The van der Waals surface area contributed by atoms with Crippen LogP contribution in [0, 0.1) is 5.82 Å². The number of nitrogens with zero attached hydrogens (tertiary/aromatic N) is 1. The average Bonchev–Trinajstić information content (AvgIpc) is 2.45. The van der Waals surface area contributed by atoms with Crippen LogP contribution < -0.4 is 16.0 Å². The van der Waals surface area contributed by atoms with E-state index in [1.165, 1.54) is 6.20 Å². The zero-order valence-corrected chi connectivity index (χ0v) is 10.6. The van der Waals surface area contributed by atoms with Crippen molar-refractivity contribution in [1.82, 2.24) is 4.98 Å². The second-order valence-electron chi connectivity index (χ2n) is 4.12. The van der Waals surface area contributed by atoms with Crippen LogP contribution in [0.2, 0.25) is 0 Å². The molecule has 0 saturated carbocycles. The van der Waals surface area contributed by atoms with Crippen molar-refractivity contribution in [2.45, 2.75) is 12.8 Å². The SMILES string of the molecule is NNc1cc(COc2ccc(F)c(C(F)(F)F)c2)ccn1. The summed E-state index contributed by atoms with van der Waals surface area (Å²) in [7, 11) is 0. The van der Waals surface area contributed by atoms with Gasteiger partial charge < -0.3 is 10.2 Å². The van der Waals surface area contributed by atoms with E-state index in [-0.39, 0.29) is 12.4 Å². The van der Waals surface area contributed by atoms with Gasteiger partial charge in [-0.2, -0.15) is 13.2 Å². The highest BCUT2D eigenvalue weighted by Crippen LogP contribution is 2.33. The van der Waals surface area contributed by atoms with Crippen LogP contribution in [0.3, 0.4) is 0 Å². The molecule has 1 aromatic heterocycles. The smallest absolute Gasteiger partial charge is 0.419 e. The Morgan fingerprint density at radius 1 is 1.19 bits per heavy atom. The minimum atomic E-state index is -4.77. The Morgan fingerprint density at radius 3 is 2.62 bits per heavy atom. The first-order valence-electron chi connectivity index (χ1n) is 5.81. The van der Waals surface area contributed by atoms with E-state index >= 15 is 0 Å². The van der Waals surface area contributed by atoms with Crippen molar-refractivity contribution in [3.8, 4) is 5.75 Å². The van der Waals surface area contributed by atoms with Crippen LogP contribution in [-0.2, 0) is 12.8 Å². The lowest BCUT2D eigenvalue weighted by Crippen LogP contribution is -2.09. The summed E-state index contributed by atoms with van der Waals surface area (Å²) in [5.74, 6) is 4.16. The molecular weight excluding hydrogens is 290 g/mol. The fraction of sp³-hybridized carbons (Fsp3) is 0.154. The Morgan fingerprint density at radius 2 is 1.95 bits per heavy atom. The van der Waals surface area contributed by atoms with Gasteiger partial charge in [0.25, 0.3) is 0 Å². The molecule has 0 amide bonds. The largest absolute Gasteiger partial charge is 0.489 e. The number of nitrogen functional groups attached to an aromatic ring is 1. The topological polar surface area (TPSA) is 60.2 Å². The molecular formula is C13H11F4N3O. The predicted molar refractivity (Wildman–Crippen MR) is 67.8 cm³/mol. The molecule has 0 bridgehead atoms. The molecule has 0 fully saturated rings. The monoisotopic (exact) mass is 301 g/mol. The molecule has 0 radical (unpaired) electrons. The Balaban J connectivity index is 2.13. The number of hydrogen-bond acceptors (Lipinski definition) is 4. The van der Waals surface area contributed by atoms with Crippen molar-refractivity contribution >= 4 is 5.82 Å². The second kappa shape index (κ2) is 5.96. The Kier molecular flexibility index (Phi) is 4.27. The molecule has 0 aliphatic heterocycles. The summed E-state index contributed by atoms with van der Waals surface area (Å²) in [5, 5.41) is 0. The fourth-order valence-electron chi connectivity index (χ4n) is 1.62. The normalized spacial score (nSPS) is 11.3. The number of hydrogen-bond donors (Lipinski definition) is 2. The van der Waals surface area contributed by atoms with Gasteiger partial charge in [0.2, 0.25) is 0 Å². The molecule has 0 saturated heterocycles. The highest BCUT2D eigenvalue weighted by Gasteiger charge is 2.34. The number of benzene rings is 1. The number of nitrogens with two attached hydrogens (primary N) is 1. The van der Waals surface area contributed by atoms with Gasteiger partial charge in [-0.15, -0.1) is 0 Å². The molecule has 4 nitrogen and oxygen atoms in total. The molecule has 0 unspecified atom stereocenters. The third kappa shape index (κ3) is 3.82. The van der Waals surface area contributed by atoms with Crippen LogP contribution in [0.5, 0.6) is 5.75 Å². The van der Waals surface area contributed by atoms with E-state index in [0.717, 1.165) is 12.1 Å². The van der Waals surface area contributed by atoms with E-state index in [4.69, 9.17) is 10.6 Å². The van der Waals surface area contributed by atoms with Gasteiger partial charge in [0, 0.05) is 6.20 Å². The van der Waals surface area contributed by atoms with Gasteiger partial charge in [-0.3, -0.25) is 0 Å². The van der Waals surface area contributed by atoms with Gasteiger partial charge in [0.05, 0.1) is 5.56 Å². The van der Waals surface area contributed by atoms with Crippen molar-refractivity contribution in [3.05, 3.63) is 53.5 Å². The quantitative estimate of drug-likeness (QED) is 0.517. The van der Waals surface area contributed by atoms with Crippen molar-refractivity contribution in [2.75, 3.05) is 5.43 Å². The van der Waals surface area contributed by atoms with E-state index in [1.54, 1.807) is 12.1 Å². The van der Waals surface area contributed by atoms with Crippen LogP contribution >= 0.6 is 0 Å². The highest BCUT2D eigenvalue weighted by molar-refractivity contribution is 5.36. The molecule has 3 N–H and O–H groups in total. The summed E-state index contributed by atoms with van der Waals surface area (Å²) in [6.45, 7) is 0.000128. The lowest BCUT2D eigenvalue weighted by Gasteiger charge is -2.11. The molecule has 21 heavy (non-hydrogen) atoms. The lowest BCUT2D eigenvalue weighted by atomic mass is 10.2. The Hall–Kier alpha value is -2.35. The number of nitrogens with one attached hydrogen (secondary N) is 1. The first-order valence-corrected chi connectivity index (χ1v) is 5.81. The third-order valence-electron chi connectivity index (χ3n) is 2.62. The van der Waals surface area contributed by atoms with Gasteiger partial charge in [0.15, 0.2) is 0 Å². The van der Waals surface area contributed by atoms with Gasteiger partial charge >= 0.3 is 6.18 Å². The highest BCUT2D eigenvalue weighted by atomic mass is 19.4. The molecule has 1 aromatic carbocycles. The molecule has 0 atom stereocenters. The van der Waals surface area contributed by atoms with E-state index in [0.29, 0.717) is 17.4 Å². The number of anilines is 1. The van der Waals surface area contributed by atoms with Crippen LogP contribution in [0.15, 0.2) is 36.5 Å². The first kappa shape index (κ1) is 15.0. The first-order chi connectivity index (χ1) is 9.90. The summed E-state index contributed by atoms with van der Waals surface area (Å²) < 4.78 is 56.0. The van der Waals surface area contributed by atoms with Gasteiger partial charge in [-0.1, -0.05) is 0 Å². The second-order valence-corrected chi connectivity index (χ2v) is 4.12. The zero-order chi connectivity index (χ0) is 15.5. The maximum absolute atomic E-state index is 13.1. The van der Waals surface area contributed by atoms with Crippen molar-refractivity contribution < 1.29 is 22.3 Å². The zero-order valence-electron chi connectivity index (χ0n) is 10.6. The number of hydrazine groups is 1. The average molecular weight is 301 g/mol. The summed E-state index contributed by atoms with van der Waals surface area (Å²) in [6.07, 6.45) is -3.30. The summed E-state index contributed by atoms with van der Waals surface area (Å²) in [6, 6.07) is 5.67. The number of rotatable bonds is 4. The lowest BCUT2D eigenvalue weighted by molar-refractivity contribution is -0.140.